The number of ether oxygens (including phenoxy) is 2. The Balaban J connectivity index is 1.09. The van der Waals surface area contributed by atoms with Crippen molar-refractivity contribution in [2.24, 2.45) is 5.92 Å². The van der Waals surface area contributed by atoms with E-state index < -0.39 is 31.6 Å². The lowest BCUT2D eigenvalue weighted by molar-refractivity contribution is -0.0312. The van der Waals surface area contributed by atoms with Crippen LogP contribution >= 0.6 is 0 Å². The number of piperidine rings is 1. The molecule has 2 saturated heterocycles. The Bertz CT molecular complexity index is 1700. The summed E-state index contributed by atoms with van der Waals surface area (Å²) in [7, 11) is -7.02. The minimum Gasteiger partial charge on any atom is -0.491 e. The van der Waals surface area contributed by atoms with Crippen LogP contribution in [0.4, 0.5) is 0 Å². The number of sulfonamides is 1. The molecule has 3 aromatic carbocycles. The van der Waals surface area contributed by atoms with Crippen molar-refractivity contribution in [1.82, 2.24) is 14.9 Å². The minimum absolute atomic E-state index is 0.00812. The van der Waals surface area contributed by atoms with Crippen LogP contribution in [0.2, 0.25) is 0 Å². The van der Waals surface area contributed by atoms with Gasteiger partial charge >= 0.3 is 0 Å². The predicted molar refractivity (Wildman–Crippen MR) is 183 cm³/mol. The van der Waals surface area contributed by atoms with E-state index in [2.05, 4.69) is 36.6 Å². The first-order valence-electron chi connectivity index (χ1n) is 16.2. The van der Waals surface area contributed by atoms with Crippen LogP contribution < -0.4 is 15.4 Å². The molecule has 1 spiro atoms. The van der Waals surface area contributed by atoms with Gasteiger partial charge in [-0.05, 0) is 78.7 Å². The third kappa shape index (κ3) is 9.41. The van der Waals surface area contributed by atoms with Crippen LogP contribution in [0.25, 0.3) is 11.1 Å². The first kappa shape index (κ1) is 35.5. The Morgan fingerprint density at radius 3 is 2.34 bits per heavy atom. The zero-order chi connectivity index (χ0) is 33.7. The number of aliphatic hydroxyl groups is 1. The number of sulfone groups is 1. The quantitative estimate of drug-likeness (QED) is 0.232. The van der Waals surface area contributed by atoms with E-state index in [1.807, 2.05) is 18.2 Å². The lowest BCUT2D eigenvalue weighted by Crippen LogP contribution is -2.47. The first-order chi connectivity index (χ1) is 22.3. The summed E-state index contributed by atoms with van der Waals surface area (Å²) in [4.78, 5) is 0.453. The van der Waals surface area contributed by atoms with Crippen molar-refractivity contribution in [2.75, 3.05) is 45.6 Å². The van der Waals surface area contributed by atoms with E-state index in [1.54, 1.807) is 34.6 Å². The first-order valence-corrected chi connectivity index (χ1v) is 19.5. The molecular formula is C35H47N3O7S2. The van der Waals surface area contributed by atoms with E-state index >= 15 is 0 Å². The largest absolute Gasteiger partial charge is 0.491 e. The molecule has 0 aliphatic carbocycles. The van der Waals surface area contributed by atoms with Crippen molar-refractivity contribution < 1.29 is 31.4 Å². The molecule has 0 bridgehead atoms. The van der Waals surface area contributed by atoms with Gasteiger partial charge in [0.2, 0.25) is 10.0 Å². The number of benzene rings is 3. The zero-order valence-corrected chi connectivity index (χ0v) is 29.0. The molecule has 2 unspecified atom stereocenters. The molecule has 3 N–H and O–H groups in total. The van der Waals surface area contributed by atoms with Crippen molar-refractivity contribution in [1.29, 1.82) is 0 Å². The fourth-order valence-corrected chi connectivity index (χ4v) is 8.26. The van der Waals surface area contributed by atoms with Crippen molar-refractivity contribution in [3.8, 4) is 16.9 Å². The summed E-state index contributed by atoms with van der Waals surface area (Å²) in [5, 5.41) is 17.3. The summed E-state index contributed by atoms with van der Waals surface area (Å²) in [6, 6.07) is 21.6. The van der Waals surface area contributed by atoms with E-state index in [9.17, 15) is 21.9 Å². The average Bonchev–Trinajstić information content (AvgIpc) is 3.45. The van der Waals surface area contributed by atoms with E-state index in [-0.39, 0.29) is 24.1 Å². The number of hydrogen-bond acceptors (Lipinski definition) is 9. The predicted octanol–water partition coefficient (Wildman–Crippen LogP) is 3.84. The standard InChI is InChI=1S/C35H47N3O7S2/c1-26(2)21-36-22-27-10-12-28(13-11-27)29-6-4-9-34(18-29)47(42,43)38-16-14-35(15-17-38)20-30(24-45-35)37-23-31(39)25-44-32-7-5-8-33(19-32)46(3,40)41/h4-13,18-19,26,30-31,36-37,39H,14-17,20-25H2,1-3H3. The minimum atomic E-state index is -3.67. The van der Waals surface area contributed by atoms with Gasteiger partial charge in [0, 0.05) is 38.5 Å². The van der Waals surface area contributed by atoms with Crippen LogP contribution in [-0.2, 0) is 31.1 Å². The third-order valence-electron chi connectivity index (χ3n) is 8.80. The summed E-state index contributed by atoms with van der Waals surface area (Å²) >= 11 is 0. The molecule has 2 aliphatic heterocycles. The Morgan fingerprint density at radius 2 is 1.64 bits per heavy atom. The highest BCUT2D eigenvalue weighted by Gasteiger charge is 2.44. The van der Waals surface area contributed by atoms with Crippen LogP contribution in [0, 0.1) is 5.92 Å². The van der Waals surface area contributed by atoms with Gasteiger partial charge in [-0.25, -0.2) is 16.8 Å². The maximum atomic E-state index is 13.7. The molecule has 47 heavy (non-hydrogen) atoms. The molecule has 5 rings (SSSR count). The fourth-order valence-electron chi connectivity index (χ4n) is 6.11. The van der Waals surface area contributed by atoms with E-state index in [4.69, 9.17) is 9.47 Å². The number of rotatable bonds is 14. The number of aliphatic hydroxyl groups excluding tert-OH is 1. The molecule has 0 aromatic heterocycles. The Morgan fingerprint density at radius 1 is 0.936 bits per heavy atom. The van der Waals surface area contributed by atoms with Crippen LogP contribution in [0.5, 0.6) is 5.75 Å². The molecule has 2 heterocycles. The maximum absolute atomic E-state index is 13.7. The maximum Gasteiger partial charge on any atom is 0.243 e. The van der Waals surface area contributed by atoms with E-state index in [0.29, 0.717) is 49.1 Å². The monoisotopic (exact) mass is 685 g/mol. The summed E-state index contributed by atoms with van der Waals surface area (Å²) in [5.41, 5.74) is 2.63. The molecule has 0 saturated carbocycles. The van der Waals surface area contributed by atoms with Crippen LogP contribution in [-0.4, -0.2) is 89.6 Å². The number of hydrogen-bond donors (Lipinski definition) is 3. The van der Waals surface area contributed by atoms with Crippen LogP contribution in [0.15, 0.2) is 82.6 Å². The van der Waals surface area contributed by atoms with Gasteiger partial charge in [-0.2, -0.15) is 4.31 Å². The fraction of sp³-hybridized carbons (Fsp3) is 0.486. The van der Waals surface area contributed by atoms with Crippen LogP contribution in [0.3, 0.4) is 0 Å². The third-order valence-corrected chi connectivity index (χ3v) is 11.8. The van der Waals surface area contributed by atoms with Gasteiger partial charge in [-0.1, -0.05) is 56.3 Å². The van der Waals surface area contributed by atoms with Crippen molar-refractivity contribution in [3.63, 3.8) is 0 Å². The summed E-state index contributed by atoms with van der Waals surface area (Å²) in [6.45, 7) is 7.63. The van der Waals surface area contributed by atoms with Gasteiger partial charge in [0.1, 0.15) is 18.5 Å². The molecule has 2 atom stereocenters. The van der Waals surface area contributed by atoms with Gasteiger partial charge in [0.25, 0.3) is 0 Å². The molecule has 3 aromatic rings. The van der Waals surface area contributed by atoms with E-state index in [0.717, 1.165) is 36.9 Å². The number of nitrogens with one attached hydrogen (secondary N) is 2. The Kier molecular flexibility index (Phi) is 11.4. The smallest absolute Gasteiger partial charge is 0.243 e. The van der Waals surface area contributed by atoms with Gasteiger partial charge in [-0.15, -0.1) is 0 Å². The molecule has 2 fully saturated rings. The van der Waals surface area contributed by atoms with Crippen molar-refractivity contribution in [3.05, 3.63) is 78.4 Å². The molecule has 2 aliphatic rings. The highest BCUT2D eigenvalue weighted by molar-refractivity contribution is 7.90. The average molecular weight is 686 g/mol. The molecule has 10 nitrogen and oxygen atoms in total. The Labute approximate surface area is 279 Å². The van der Waals surface area contributed by atoms with Crippen molar-refractivity contribution in [2.45, 2.75) is 67.2 Å². The second kappa shape index (κ2) is 15.1. The highest BCUT2D eigenvalue weighted by atomic mass is 32.2. The summed E-state index contributed by atoms with van der Waals surface area (Å²) in [5.74, 6) is 0.966. The highest BCUT2D eigenvalue weighted by Crippen LogP contribution is 2.37. The topological polar surface area (TPSA) is 134 Å². The van der Waals surface area contributed by atoms with Gasteiger partial charge < -0.3 is 25.2 Å². The van der Waals surface area contributed by atoms with Crippen molar-refractivity contribution >= 4 is 19.9 Å². The second-order valence-corrected chi connectivity index (χ2v) is 17.1. The summed E-state index contributed by atoms with van der Waals surface area (Å²) in [6.07, 6.45) is 2.25. The van der Waals surface area contributed by atoms with Gasteiger partial charge in [0.15, 0.2) is 9.84 Å². The van der Waals surface area contributed by atoms with Gasteiger partial charge in [-0.3, -0.25) is 0 Å². The molecule has 0 radical (unpaired) electrons. The SMILES string of the molecule is CC(C)CNCc1ccc(-c2cccc(S(=O)(=O)N3CCC4(CC3)CC(NCC(O)COc3cccc(S(C)(=O)=O)c3)CO4)c2)cc1. The van der Waals surface area contributed by atoms with Gasteiger partial charge in [0.05, 0.1) is 22.0 Å². The second-order valence-electron chi connectivity index (χ2n) is 13.2. The Hall–Kier alpha value is -2.84. The molecular weight excluding hydrogens is 639 g/mol. The molecule has 0 amide bonds. The van der Waals surface area contributed by atoms with Crippen LogP contribution in [0.1, 0.15) is 38.7 Å². The molecule has 256 valence electrons. The lowest BCUT2D eigenvalue weighted by Gasteiger charge is -2.38. The van der Waals surface area contributed by atoms with E-state index in [1.165, 1.54) is 17.7 Å². The number of nitrogens with zero attached hydrogens (tertiary/aromatic N) is 1. The lowest BCUT2D eigenvalue weighted by atomic mass is 9.88. The zero-order valence-electron chi connectivity index (χ0n) is 27.4. The normalized spacial score (nSPS) is 19.3. The molecule has 12 heteroatoms. The summed E-state index contributed by atoms with van der Waals surface area (Å²) < 4.78 is 64.3.